The SMILES string of the molecule is CN1CCN(C(=O)OCC[SiH](C)C)C[C@H]1CO. The highest BCUT2D eigenvalue weighted by atomic mass is 28.3. The summed E-state index contributed by atoms with van der Waals surface area (Å²) in [7, 11) is 1.32. The minimum Gasteiger partial charge on any atom is -0.450 e. The second-order valence-electron chi connectivity index (χ2n) is 5.06. The van der Waals surface area contributed by atoms with Gasteiger partial charge >= 0.3 is 6.09 Å². The summed E-state index contributed by atoms with van der Waals surface area (Å²) in [5, 5.41) is 9.19. The Morgan fingerprint density at radius 3 is 2.76 bits per heavy atom. The van der Waals surface area contributed by atoms with Crippen molar-refractivity contribution < 1.29 is 14.6 Å². The maximum atomic E-state index is 11.8. The van der Waals surface area contributed by atoms with Crippen LogP contribution in [0.15, 0.2) is 0 Å². The summed E-state index contributed by atoms with van der Waals surface area (Å²) in [5.41, 5.74) is 0. The molecule has 1 amide bonds. The summed E-state index contributed by atoms with van der Waals surface area (Å²) in [4.78, 5) is 15.5. The Morgan fingerprint density at radius 2 is 2.18 bits per heavy atom. The number of piperazine rings is 1. The Kier molecular flexibility index (Phi) is 5.94. The van der Waals surface area contributed by atoms with E-state index in [1.165, 1.54) is 0 Å². The third-order valence-electron chi connectivity index (χ3n) is 3.17. The number of hydrogen-bond acceptors (Lipinski definition) is 4. The number of rotatable bonds is 4. The molecule has 0 aromatic rings. The average molecular weight is 260 g/mol. The van der Waals surface area contributed by atoms with Gasteiger partial charge in [-0.2, -0.15) is 0 Å². The molecule has 17 heavy (non-hydrogen) atoms. The van der Waals surface area contributed by atoms with E-state index >= 15 is 0 Å². The van der Waals surface area contributed by atoms with Gasteiger partial charge in [0.1, 0.15) is 0 Å². The second kappa shape index (κ2) is 6.98. The minimum atomic E-state index is -0.645. The first kappa shape index (κ1) is 14.5. The van der Waals surface area contributed by atoms with E-state index in [1.807, 2.05) is 7.05 Å². The van der Waals surface area contributed by atoms with Crippen LogP contribution in [0.5, 0.6) is 0 Å². The van der Waals surface area contributed by atoms with E-state index in [4.69, 9.17) is 4.74 Å². The largest absolute Gasteiger partial charge is 0.450 e. The predicted molar refractivity (Wildman–Crippen MR) is 70.1 cm³/mol. The monoisotopic (exact) mass is 260 g/mol. The molecule has 100 valence electrons. The highest BCUT2D eigenvalue weighted by molar-refractivity contribution is 6.55. The van der Waals surface area contributed by atoms with E-state index in [2.05, 4.69) is 18.0 Å². The molecule has 0 unspecified atom stereocenters. The molecule has 0 saturated carbocycles. The first-order chi connectivity index (χ1) is 8.04. The Morgan fingerprint density at radius 1 is 1.47 bits per heavy atom. The van der Waals surface area contributed by atoms with Gasteiger partial charge in [-0.3, -0.25) is 4.90 Å². The molecule has 0 radical (unpaired) electrons. The molecule has 1 saturated heterocycles. The third kappa shape index (κ3) is 4.65. The van der Waals surface area contributed by atoms with E-state index in [9.17, 15) is 9.90 Å². The third-order valence-corrected chi connectivity index (χ3v) is 4.56. The van der Waals surface area contributed by atoms with Crippen molar-refractivity contribution in [3.8, 4) is 0 Å². The summed E-state index contributed by atoms with van der Waals surface area (Å²) < 4.78 is 5.24. The molecule has 0 aliphatic carbocycles. The number of amides is 1. The quantitative estimate of drug-likeness (QED) is 0.735. The molecule has 6 heteroatoms. The maximum absolute atomic E-state index is 11.8. The molecule has 0 aromatic heterocycles. The Balaban J connectivity index is 2.32. The average Bonchev–Trinajstić information content (AvgIpc) is 2.29. The van der Waals surface area contributed by atoms with Gasteiger partial charge in [0.2, 0.25) is 0 Å². The van der Waals surface area contributed by atoms with Gasteiger partial charge < -0.3 is 14.7 Å². The number of hydrogen-bond donors (Lipinski definition) is 1. The molecular weight excluding hydrogens is 236 g/mol. The van der Waals surface area contributed by atoms with Crippen LogP contribution in [0.25, 0.3) is 0 Å². The fourth-order valence-electron chi connectivity index (χ4n) is 1.78. The topological polar surface area (TPSA) is 53.0 Å². The van der Waals surface area contributed by atoms with Gasteiger partial charge in [-0.15, -0.1) is 0 Å². The highest BCUT2D eigenvalue weighted by Gasteiger charge is 2.27. The zero-order chi connectivity index (χ0) is 12.8. The van der Waals surface area contributed by atoms with Crippen LogP contribution in [0.2, 0.25) is 19.1 Å². The highest BCUT2D eigenvalue weighted by Crippen LogP contribution is 2.08. The van der Waals surface area contributed by atoms with Crippen LogP contribution in [0.4, 0.5) is 4.79 Å². The van der Waals surface area contributed by atoms with Crippen molar-refractivity contribution in [1.29, 1.82) is 0 Å². The number of nitrogens with zero attached hydrogens (tertiary/aromatic N) is 2. The Bertz CT molecular complexity index is 251. The lowest BCUT2D eigenvalue weighted by Crippen LogP contribution is -2.54. The molecule has 5 nitrogen and oxygen atoms in total. The van der Waals surface area contributed by atoms with E-state index in [-0.39, 0.29) is 18.7 Å². The van der Waals surface area contributed by atoms with Crippen LogP contribution in [-0.4, -0.2) is 75.7 Å². The smallest absolute Gasteiger partial charge is 0.409 e. The number of aliphatic hydroxyl groups is 1. The van der Waals surface area contributed by atoms with Gasteiger partial charge in [0.15, 0.2) is 0 Å². The molecule has 1 N–H and O–H groups in total. The van der Waals surface area contributed by atoms with Crippen molar-refractivity contribution in [3.63, 3.8) is 0 Å². The predicted octanol–water partition coefficient (Wildman–Crippen LogP) is 0.218. The second-order valence-corrected chi connectivity index (χ2v) is 8.42. The summed E-state index contributed by atoms with van der Waals surface area (Å²) in [5.74, 6) is 0. The van der Waals surface area contributed by atoms with Crippen LogP contribution in [-0.2, 0) is 4.74 Å². The van der Waals surface area contributed by atoms with Crippen molar-refractivity contribution in [2.24, 2.45) is 0 Å². The summed E-state index contributed by atoms with van der Waals surface area (Å²) in [6.07, 6.45) is -0.230. The lowest BCUT2D eigenvalue weighted by atomic mass is 10.2. The minimum absolute atomic E-state index is 0.0378. The molecule has 1 aliphatic heterocycles. The Hall–Kier alpha value is -0.593. The van der Waals surface area contributed by atoms with Crippen LogP contribution in [0.1, 0.15) is 0 Å². The van der Waals surface area contributed by atoms with Gasteiger partial charge in [0.25, 0.3) is 0 Å². The molecule has 0 bridgehead atoms. The molecule has 1 aliphatic rings. The number of carbonyl (C=O) groups is 1. The summed E-state index contributed by atoms with van der Waals surface area (Å²) >= 11 is 0. The lowest BCUT2D eigenvalue weighted by molar-refractivity contribution is 0.0434. The van der Waals surface area contributed by atoms with Crippen LogP contribution < -0.4 is 0 Å². The van der Waals surface area contributed by atoms with Crippen molar-refractivity contribution in [2.75, 3.05) is 39.9 Å². The summed E-state index contributed by atoms with van der Waals surface area (Å²) in [6.45, 7) is 7.14. The summed E-state index contributed by atoms with van der Waals surface area (Å²) in [6, 6.07) is 1.07. The maximum Gasteiger partial charge on any atom is 0.409 e. The standard InChI is InChI=1S/C11H24N2O3Si/c1-12-4-5-13(8-10(12)9-14)11(15)16-6-7-17(2)3/h10,14,17H,4-9H2,1-3H3/t10-/m0/s1. The van der Waals surface area contributed by atoms with Crippen LogP contribution in [0, 0.1) is 0 Å². The van der Waals surface area contributed by atoms with Crippen molar-refractivity contribution >= 4 is 14.9 Å². The lowest BCUT2D eigenvalue weighted by Gasteiger charge is -2.37. The van der Waals surface area contributed by atoms with Crippen molar-refractivity contribution in [1.82, 2.24) is 9.80 Å². The molecule has 1 atom stereocenters. The molecule has 1 heterocycles. The fraction of sp³-hybridized carbons (Fsp3) is 0.909. The van der Waals surface area contributed by atoms with E-state index in [0.29, 0.717) is 19.7 Å². The van der Waals surface area contributed by atoms with Gasteiger partial charge in [0, 0.05) is 28.4 Å². The first-order valence-electron chi connectivity index (χ1n) is 6.27. The van der Waals surface area contributed by atoms with Crippen LogP contribution in [0.3, 0.4) is 0 Å². The number of likely N-dealkylation sites (N-methyl/N-ethyl adjacent to an activating group) is 1. The molecule has 1 fully saturated rings. The fourth-order valence-corrected chi connectivity index (χ4v) is 2.37. The van der Waals surface area contributed by atoms with E-state index in [1.54, 1.807) is 4.90 Å². The molecule has 0 aromatic carbocycles. The number of carbonyl (C=O) groups excluding carboxylic acids is 1. The van der Waals surface area contributed by atoms with Gasteiger partial charge in [-0.05, 0) is 13.1 Å². The number of aliphatic hydroxyl groups excluding tert-OH is 1. The van der Waals surface area contributed by atoms with Gasteiger partial charge in [-0.25, -0.2) is 4.79 Å². The zero-order valence-corrected chi connectivity index (χ0v) is 12.2. The normalized spacial score (nSPS) is 21.9. The Labute approximate surface area is 105 Å². The van der Waals surface area contributed by atoms with Crippen LogP contribution >= 0.6 is 0 Å². The first-order valence-corrected chi connectivity index (χ1v) is 9.40. The molecule has 0 spiro atoms. The van der Waals surface area contributed by atoms with Crippen molar-refractivity contribution in [2.45, 2.75) is 25.2 Å². The molecular formula is C11H24N2O3Si. The van der Waals surface area contributed by atoms with Gasteiger partial charge in [-0.1, -0.05) is 13.1 Å². The number of ether oxygens (including phenoxy) is 1. The van der Waals surface area contributed by atoms with E-state index < -0.39 is 8.80 Å². The van der Waals surface area contributed by atoms with E-state index in [0.717, 1.165) is 12.6 Å². The molecule has 1 rings (SSSR count). The van der Waals surface area contributed by atoms with Crippen molar-refractivity contribution in [3.05, 3.63) is 0 Å². The van der Waals surface area contributed by atoms with Gasteiger partial charge in [0.05, 0.1) is 19.3 Å². The zero-order valence-electron chi connectivity index (χ0n) is 11.1.